The summed E-state index contributed by atoms with van der Waals surface area (Å²) in [5.74, 6) is 0.722. The molecule has 1 heteroatoms. The van der Waals surface area contributed by atoms with E-state index in [1.54, 1.807) is 0 Å². The maximum Gasteiger partial charge on any atom is 0.0224 e. The second-order valence-corrected chi connectivity index (χ2v) is 2.47. The molecule has 0 aromatic heterocycles. The first-order chi connectivity index (χ1) is 4.43. The number of hydrogen-bond acceptors (Lipinski definition) is 1. The Hall–Kier alpha value is -0.590. The van der Waals surface area contributed by atoms with Crippen molar-refractivity contribution in [3.8, 4) is 0 Å². The molecule has 0 saturated carbocycles. The molecular weight excluding hydrogens is 110 g/mol. The SMILES string of the molecule is CCC[C@H]1C=NC=CC1. The zero-order valence-electron chi connectivity index (χ0n) is 5.88. The summed E-state index contributed by atoms with van der Waals surface area (Å²) in [6.45, 7) is 2.21. The lowest BCUT2D eigenvalue weighted by atomic mass is 10.0. The molecule has 0 N–H and O–H groups in total. The van der Waals surface area contributed by atoms with Gasteiger partial charge in [0, 0.05) is 12.4 Å². The van der Waals surface area contributed by atoms with Crippen molar-refractivity contribution in [2.75, 3.05) is 0 Å². The van der Waals surface area contributed by atoms with Gasteiger partial charge in [-0.2, -0.15) is 0 Å². The van der Waals surface area contributed by atoms with Gasteiger partial charge in [0.25, 0.3) is 0 Å². The first-order valence-corrected chi connectivity index (χ1v) is 3.61. The second-order valence-electron chi connectivity index (χ2n) is 2.47. The van der Waals surface area contributed by atoms with Crippen LogP contribution in [0.4, 0.5) is 0 Å². The highest BCUT2D eigenvalue weighted by Gasteiger charge is 2.02. The standard InChI is InChI=1S/C8H13N/c1-2-4-8-5-3-6-9-7-8/h3,6-8H,2,4-5H2,1H3/t8-/m1/s1. The van der Waals surface area contributed by atoms with Crippen molar-refractivity contribution in [1.29, 1.82) is 0 Å². The van der Waals surface area contributed by atoms with E-state index in [-0.39, 0.29) is 0 Å². The molecule has 0 aromatic carbocycles. The highest BCUT2D eigenvalue weighted by molar-refractivity contribution is 5.62. The summed E-state index contributed by atoms with van der Waals surface area (Å²) in [4.78, 5) is 4.07. The minimum Gasteiger partial charge on any atom is -0.269 e. The molecule has 0 bridgehead atoms. The summed E-state index contributed by atoms with van der Waals surface area (Å²) in [6.07, 6.45) is 9.83. The highest BCUT2D eigenvalue weighted by atomic mass is 14.7. The van der Waals surface area contributed by atoms with E-state index in [0.29, 0.717) is 0 Å². The van der Waals surface area contributed by atoms with Gasteiger partial charge in [-0.3, -0.25) is 4.99 Å². The summed E-state index contributed by atoms with van der Waals surface area (Å²) in [5, 5.41) is 0. The van der Waals surface area contributed by atoms with Gasteiger partial charge in [-0.25, -0.2) is 0 Å². The third-order valence-electron chi connectivity index (χ3n) is 1.59. The van der Waals surface area contributed by atoms with Crippen molar-refractivity contribution in [3.63, 3.8) is 0 Å². The van der Waals surface area contributed by atoms with Gasteiger partial charge in [0.2, 0.25) is 0 Å². The summed E-state index contributed by atoms with van der Waals surface area (Å²) in [5.41, 5.74) is 0. The molecule has 50 valence electrons. The molecule has 0 amide bonds. The second kappa shape index (κ2) is 3.44. The fourth-order valence-electron chi connectivity index (χ4n) is 1.09. The van der Waals surface area contributed by atoms with Crippen LogP contribution in [-0.4, -0.2) is 6.21 Å². The summed E-state index contributed by atoms with van der Waals surface area (Å²) in [6, 6.07) is 0. The predicted octanol–water partition coefficient (Wildman–Crippen LogP) is 2.39. The molecule has 1 aliphatic rings. The van der Waals surface area contributed by atoms with Crippen LogP contribution in [0.5, 0.6) is 0 Å². The normalized spacial score (nSPS) is 24.8. The molecule has 1 aliphatic heterocycles. The van der Waals surface area contributed by atoms with E-state index in [1.165, 1.54) is 19.3 Å². The van der Waals surface area contributed by atoms with Crippen molar-refractivity contribution in [2.24, 2.45) is 10.9 Å². The third-order valence-corrected chi connectivity index (χ3v) is 1.59. The van der Waals surface area contributed by atoms with E-state index in [9.17, 15) is 0 Å². The Kier molecular flexibility index (Phi) is 2.49. The highest BCUT2D eigenvalue weighted by Crippen LogP contribution is 2.12. The predicted molar refractivity (Wildman–Crippen MR) is 40.6 cm³/mol. The fourth-order valence-corrected chi connectivity index (χ4v) is 1.09. The van der Waals surface area contributed by atoms with Gasteiger partial charge in [-0.1, -0.05) is 19.4 Å². The van der Waals surface area contributed by atoms with Crippen LogP contribution >= 0.6 is 0 Å². The lowest BCUT2D eigenvalue weighted by molar-refractivity contribution is 0.626. The molecule has 0 saturated heterocycles. The van der Waals surface area contributed by atoms with E-state index in [0.717, 1.165) is 5.92 Å². The number of rotatable bonds is 2. The monoisotopic (exact) mass is 123 g/mol. The van der Waals surface area contributed by atoms with E-state index in [2.05, 4.69) is 24.2 Å². The Morgan fingerprint density at radius 1 is 1.67 bits per heavy atom. The van der Waals surface area contributed by atoms with Crippen molar-refractivity contribution in [1.82, 2.24) is 0 Å². The molecule has 0 fully saturated rings. The lowest BCUT2D eigenvalue weighted by Crippen LogP contribution is -2.01. The van der Waals surface area contributed by atoms with Gasteiger partial charge in [0.15, 0.2) is 0 Å². The number of aliphatic imine (C=N–C) groups is 1. The van der Waals surface area contributed by atoms with Crippen molar-refractivity contribution < 1.29 is 0 Å². The molecule has 0 radical (unpaired) electrons. The van der Waals surface area contributed by atoms with Crippen LogP contribution < -0.4 is 0 Å². The number of hydrogen-bond donors (Lipinski definition) is 0. The van der Waals surface area contributed by atoms with E-state index in [1.807, 2.05) is 6.20 Å². The smallest absolute Gasteiger partial charge is 0.0224 e. The van der Waals surface area contributed by atoms with Crippen LogP contribution in [-0.2, 0) is 0 Å². The molecule has 0 spiro atoms. The number of nitrogens with zero attached hydrogens (tertiary/aromatic N) is 1. The van der Waals surface area contributed by atoms with Gasteiger partial charge in [0.05, 0.1) is 0 Å². The maximum atomic E-state index is 4.07. The zero-order chi connectivity index (χ0) is 6.53. The molecular formula is C8H13N. The molecule has 0 aliphatic carbocycles. The van der Waals surface area contributed by atoms with E-state index in [4.69, 9.17) is 0 Å². The molecule has 1 rings (SSSR count). The van der Waals surface area contributed by atoms with Crippen LogP contribution in [0.1, 0.15) is 26.2 Å². The van der Waals surface area contributed by atoms with Crippen molar-refractivity contribution in [2.45, 2.75) is 26.2 Å². The average molecular weight is 123 g/mol. The maximum absolute atomic E-state index is 4.07. The fraction of sp³-hybridized carbons (Fsp3) is 0.625. The lowest BCUT2D eigenvalue weighted by Gasteiger charge is -2.08. The summed E-state index contributed by atoms with van der Waals surface area (Å²) < 4.78 is 0. The van der Waals surface area contributed by atoms with Crippen molar-refractivity contribution in [3.05, 3.63) is 12.3 Å². The Morgan fingerprint density at radius 2 is 2.56 bits per heavy atom. The van der Waals surface area contributed by atoms with E-state index >= 15 is 0 Å². The van der Waals surface area contributed by atoms with Gasteiger partial charge < -0.3 is 0 Å². The van der Waals surface area contributed by atoms with Crippen molar-refractivity contribution >= 4 is 6.21 Å². The Bertz CT molecular complexity index is 125. The molecule has 0 aromatic rings. The molecule has 0 unspecified atom stereocenters. The zero-order valence-corrected chi connectivity index (χ0v) is 5.88. The molecule has 1 nitrogen and oxygen atoms in total. The van der Waals surface area contributed by atoms with Crippen LogP contribution in [0.15, 0.2) is 17.3 Å². The minimum atomic E-state index is 0.722. The van der Waals surface area contributed by atoms with Gasteiger partial charge in [-0.15, -0.1) is 0 Å². The molecule has 1 atom stereocenters. The Balaban J connectivity index is 2.28. The first kappa shape index (κ1) is 6.53. The van der Waals surface area contributed by atoms with Gasteiger partial charge >= 0.3 is 0 Å². The Morgan fingerprint density at radius 3 is 3.11 bits per heavy atom. The Labute approximate surface area is 56.5 Å². The summed E-state index contributed by atoms with van der Waals surface area (Å²) >= 11 is 0. The van der Waals surface area contributed by atoms with E-state index < -0.39 is 0 Å². The largest absolute Gasteiger partial charge is 0.269 e. The van der Waals surface area contributed by atoms with Crippen LogP contribution in [0.25, 0.3) is 0 Å². The third kappa shape index (κ3) is 2.00. The van der Waals surface area contributed by atoms with Crippen LogP contribution in [0.2, 0.25) is 0 Å². The molecule has 9 heavy (non-hydrogen) atoms. The topological polar surface area (TPSA) is 12.4 Å². The molecule has 1 heterocycles. The van der Waals surface area contributed by atoms with Crippen LogP contribution in [0.3, 0.4) is 0 Å². The average Bonchev–Trinajstić information content (AvgIpc) is 1.91. The van der Waals surface area contributed by atoms with Crippen LogP contribution in [0, 0.1) is 5.92 Å². The quantitative estimate of drug-likeness (QED) is 0.534. The van der Waals surface area contributed by atoms with Gasteiger partial charge in [0.1, 0.15) is 0 Å². The number of allylic oxidation sites excluding steroid dienone is 1. The first-order valence-electron chi connectivity index (χ1n) is 3.61. The van der Waals surface area contributed by atoms with Gasteiger partial charge in [-0.05, 0) is 18.8 Å². The summed E-state index contributed by atoms with van der Waals surface area (Å²) in [7, 11) is 0. The minimum absolute atomic E-state index is 0.722.